The van der Waals surface area contributed by atoms with Gasteiger partial charge in [0.25, 0.3) is 0 Å². The minimum absolute atomic E-state index is 0.0929. The van der Waals surface area contributed by atoms with Crippen molar-refractivity contribution < 1.29 is 4.74 Å². The van der Waals surface area contributed by atoms with Gasteiger partial charge in [0.2, 0.25) is 0 Å². The third-order valence-corrected chi connectivity index (χ3v) is 4.13. The average molecular weight is 251 g/mol. The number of aryl methyl sites for hydroxylation is 1. The summed E-state index contributed by atoms with van der Waals surface area (Å²) >= 11 is 0. The quantitative estimate of drug-likeness (QED) is 0.809. The Hall–Kier alpha value is -0.870. The summed E-state index contributed by atoms with van der Waals surface area (Å²) in [5, 5.41) is 7.91. The number of hydrogen-bond donors (Lipinski definition) is 1. The minimum Gasteiger partial charge on any atom is -0.378 e. The number of hydrogen-bond acceptors (Lipinski definition) is 3. The van der Waals surface area contributed by atoms with Gasteiger partial charge in [-0.2, -0.15) is 5.10 Å². The summed E-state index contributed by atoms with van der Waals surface area (Å²) < 4.78 is 7.72. The molecule has 102 valence electrons. The normalized spacial score (nSPS) is 19.5. The summed E-state index contributed by atoms with van der Waals surface area (Å²) in [6.07, 6.45) is 7.73. The van der Waals surface area contributed by atoms with Crippen LogP contribution in [0.2, 0.25) is 0 Å². The van der Waals surface area contributed by atoms with Gasteiger partial charge < -0.3 is 10.1 Å². The van der Waals surface area contributed by atoms with Gasteiger partial charge in [0, 0.05) is 20.4 Å². The van der Waals surface area contributed by atoms with Crippen LogP contribution >= 0.6 is 0 Å². The van der Waals surface area contributed by atoms with Gasteiger partial charge in [-0.25, -0.2) is 0 Å². The van der Waals surface area contributed by atoms with Gasteiger partial charge >= 0.3 is 0 Å². The highest BCUT2D eigenvalue weighted by atomic mass is 16.5. The molecule has 1 aliphatic rings. The van der Waals surface area contributed by atoms with Crippen LogP contribution in [-0.4, -0.2) is 29.0 Å². The zero-order valence-electron chi connectivity index (χ0n) is 11.8. The van der Waals surface area contributed by atoms with Crippen LogP contribution in [0.5, 0.6) is 0 Å². The first-order valence-corrected chi connectivity index (χ1v) is 6.97. The number of nitrogens with one attached hydrogen (secondary N) is 1. The first-order valence-electron chi connectivity index (χ1n) is 6.97. The molecule has 1 aromatic heterocycles. The molecule has 0 aliphatic heterocycles. The summed E-state index contributed by atoms with van der Waals surface area (Å²) in [7, 11) is 3.86. The maximum atomic E-state index is 5.75. The number of aromatic nitrogens is 2. The van der Waals surface area contributed by atoms with Gasteiger partial charge in [-0.15, -0.1) is 0 Å². The Morgan fingerprint density at radius 2 is 2.33 bits per heavy atom. The second-order valence-electron chi connectivity index (χ2n) is 5.33. The van der Waals surface area contributed by atoms with E-state index in [0.717, 1.165) is 19.4 Å². The molecule has 0 bridgehead atoms. The molecule has 4 heteroatoms. The van der Waals surface area contributed by atoms with E-state index in [1.807, 2.05) is 25.0 Å². The van der Waals surface area contributed by atoms with Crippen molar-refractivity contribution in [3.63, 3.8) is 0 Å². The molecule has 2 rings (SSSR count). The van der Waals surface area contributed by atoms with Gasteiger partial charge in [0.05, 0.1) is 17.3 Å². The molecule has 0 aromatic carbocycles. The summed E-state index contributed by atoms with van der Waals surface area (Å²) in [6.45, 7) is 3.23. The van der Waals surface area contributed by atoms with E-state index in [0.29, 0.717) is 6.04 Å². The molecule has 1 saturated carbocycles. The van der Waals surface area contributed by atoms with Crippen molar-refractivity contribution in [3.05, 3.63) is 18.0 Å². The monoisotopic (exact) mass is 251 g/mol. The molecule has 1 aliphatic carbocycles. The maximum Gasteiger partial charge on any atom is 0.0697 e. The molecule has 1 atom stereocenters. The Morgan fingerprint density at radius 1 is 1.56 bits per heavy atom. The number of methoxy groups -OCH3 is 1. The highest BCUT2D eigenvalue weighted by Gasteiger charge is 2.39. The summed E-state index contributed by atoms with van der Waals surface area (Å²) in [5.41, 5.74) is 1.35. The number of nitrogens with zero attached hydrogens (tertiary/aromatic N) is 2. The third kappa shape index (κ3) is 2.75. The Morgan fingerprint density at radius 3 is 2.78 bits per heavy atom. The molecule has 0 spiro atoms. The second kappa shape index (κ2) is 5.85. The molecule has 1 aromatic rings. The van der Waals surface area contributed by atoms with E-state index in [-0.39, 0.29) is 5.60 Å². The maximum absolute atomic E-state index is 5.75. The summed E-state index contributed by atoms with van der Waals surface area (Å²) in [4.78, 5) is 0. The van der Waals surface area contributed by atoms with Crippen molar-refractivity contribution in [2.75, 3.05) is 13.7 Å². The van der Waals surface area contributed by atoms with Crippen molar-refractivity contribution in [2.24, 2.45) is 7.05 Å². The van der Waals surface area contributed by atoms with Gasteiger partial charge in [-0.3, -0.25) is 4.68 Å². The fourth-order valence-electron chi connectivity index (χ4n) is 2.76. The van der Waals surface area contributed by atoms with Crippen molar-refractivity contribution in [1.82, 2.24) is 15.1 Å². The van der Waals surface area contributed by atoms with E-state index in [1.165, 1.54) is 25.0 Å². The van der Waals surface area contributed by atoms with Crippen LogP contribution in [0.25, 0.3) is 0 Å². The predicted octanol–water partition coefficient (Wildman–Crippen LogP) is 2.42. The Kier molecular flexibility index (Phi) is 4.40. The lowest BCUT2D eigenvalue weighted by Crippen LogP contribution is -2.43. The van der Waals surface area contributed by atoms with Crippen LogP contribution in [0.1, 0.15) is 50.8 Å². The highest BCUT2D eigenvalue weighted by molar-refractivity contribution is 5.09. The molecule has 0 saturated heterocycles. The fraction of sp³-hybridized carbons (Fsp3) is 0.786. The number of rotatable bonds is 7. The van der Waals surface area contributed by atoms with E-state index in [4.69, 9.17) is 4.74 Å². The predicted molar refractivity (Wildman–Crippen MR) is 72.5 cm³/mol. The van der Waals surface area contributed by atoms with Gasteiger partial charge in [-0.05, 0) is 44.7 Å². The van der Waals surface area contributed by atoms with E-state index >= 15 is 0 Å². The standard InChI is InChI=1S/C14H25N3O/c1-4-9-15-12(13-6-10-16-17(13)2)11-14(18-3)7-5-8-14/h6,10,12,15H,4-5,7-9,11H2,1-3H3. The molecule has 18 heavy (non-hydrogen) atoms. The van der Waals surface area contributed by atoms with Gasteiger partial charge in [-0.1, -0.05) is 6.92 Å². The first-order chi connectivity index (χ1) is 8.71. The molecule has 1 heterocycles. The molecule has 1 unspecified atom stereocenters. The lowest BCUT2D eigenvalue weighted by atomic mass is 9.75. The van der Waals surface area contributed by atoms with Crippen LogP contribution in [0.15, 0.2) is 12.3 Å². The zero-order chi connectivity index (χ0) is 13.0. The molecule has 1 fully saturated rings. The smallest absolute Gasteiger partial charge is 0.0697 e. The summed E-state index contributed by atoms with van der Waals surface area (Å²) in [6, 6.07) is 2.45. The largest absolute Gasteiger partial charge is 0.378 e. The average Bonchev–Trinajstić information content (AvgIpc) is 2.74. The molecule has 4 nitrogen and oxygen atoms in total. The first kappa shape index (κ1) is 13.6. The van der Waals surface area contributed by atoms with Crippen molar-refractivity contribution >= 4 is 0 Å². The van der Waals surface area contributed by atoms with Gasteiger partial charge in [0.1, 0.15) is 0 Å². The van der Waals surface area contributed by atoms with Crippen LogP contribution < -0.4 is 5.32 Å². The Balaban J connectivity index is 2.08. The molecule has 0 amide bonds. The lowest BCUT2D eigenvalue weighted by Gasteiger charge is -2.43. The molecule has 0 radical (unpaired) electrons. The molecular weight excluding hydrogens is 226 g/mol. The minimum atomic E-state index is 0.0929. The lowest BCUT2D eigenvalue weighted by molar-refractivity contribution is -0.0842. The van der Waals surface area contributed by atoms with E-state index < -0.39 is 0 Å². The van der Waals surface area contributed by atoms with Gasteiger partial charge in [0.15, 0.2) is 0 Å². The third-order valence-electron chi connectivity index (χ3n) is 4.13. The van der Waals surface area contributed by atoms with Crippen LogP contribution in [0.3, 0.4) is 0 Å². The fourth-order valence-corrected chi connectivity index (χ4v) is 2.76. The van der Waals surface area contributed by atoms with Crippen LogP contribution in [0.4, 0.5) is 0 Å². The van der Waals surface area contributed by atoms with Crippen molar-refractivity contribution in [2.45, 2.75) is 50.7 Å². The summed E-state index contributed by atoms with van der Waals surface area (Å²) in [5.74, 6) is 0. The topological polar surface area (TPSA) is 39.1 Å². The van der Waals surface area contributed by atoms with Crippen LogP contribution in [0, 0.1) is 0 Å². The highest BCUT2D eigenvalue weighted by Crippen LogP contribution is 2.41. The zero-order valence-corrected chi connectivity index (χ0v) is 11.8. The Labute approximate surface area is 110 Å². The van der Waals surface area contributed by atoms with Crippen molar-refractivity contribution in [3.8, 4) is 0 Å². The molecule has 1 N–H and O–H groups in total. The Bertz CT molecular complexity index is 365. The second-order valence-corrected chi connectivity index (χ2v) is 5.33. The SMILES string of the molecule is CCCNC(CC1(OC)CCC1)c1ccnn1C. The van der Waals surface area contributed by atoms with Crippen molar-refractivity contribution in [1.29, 1.82) is 0 Å². The molecular formula is C14H25N3O. The van der Waals surface area contributed by atoms with E-state index in [1.54, 1.807) is 0 Å². The van der Waals surface area contributed by atoms with E-state index in [9.17, 15) is 0 Å². The van der Waals surface area contributed by atoms with E-state index in [2.05, 4.69) is 23.4 Å². The van der Waals surface area contributed by atoms with Crippen LogP contribution in [-0.2, 0) is 11.8 Å². The number of ether oxygens (including phenoxy) is 1.